The van der Waals surface area contributed by atoms with Crippen molar-refractivity contribution in [3.63, 3.8) is 0 Å². The van der Waals surface area contributed by atoms with E-state index in [0.29, 0.717) is 57.7 Å². The van der Waals surface area contributed by atoms with Gasteiger partial charge in [0.2, 0.25) is 6.79 Å². The van der Waals surface area contributed by atoms with Gasteiger partial charge in [-0.15, -0.1) is 0 Å². The molecule has 0 saturated heterocycles. The Bertz CT molecular complexity index is 1980. The van der Waals surface area contributed by atoms with Gasteiger partial charge in [-0.2, -0.15) is 0 Å². The van der Waals surface area contributed by atoms with Crippen molar-refractivity contribution in [3.8, 4) is 28.7 Å². The number of aromatic nitrogens is 1. The third-order valence-corrected chi connectivity index (χ3v) is 8.71. The summed E-state index contributed by atoms with van der Waals surface area (Å²) >= 11 is 4.83. The minimum Gasteiger partial charge on any atom is -0.490 e. The number of benzene rings is 3. The first kappa shape index (κ1) is 30.5. The maximum atomic E-state index is 13.9. The van der Waals surface area contributed by atoms with Crippen LogP contribution in [-0.4, -0.2) is 37.7 Å². The van der Waals surface area contributed by atoms with Crippen molar-refractivity contribution in [3.05, 3.63) is 107 Å². The van der Waals surface area contributed by atoms with Crippen LogP contribution in [0.3, 0.4) is 0 Å². The van der Waals surface area contributed by atoms with Crippen LogP contribution >= 0.6 is 27.3 Å². The molecular weight excluding hydrogens is 664 g/mol. The number of nitrogens with zero attached hydrogens (tertiary/aromatic N) is 2. The monoisotopic (exact) mass is 692 g/mol. The molecule has 0 aliphatic carbocycles. The van der Waals surface area contributed by atoms with Gasteiger partial charge in [0, 0.05) is 6.20 Å². The van der Waals surface area contributed by atoms with Crippen molar-refractivity contribution in [2.24, 2.45) is 4.99 Å². The van der Waals surface area contributed by atoms with Gasteiger partial charge in [0.15, 0.2) is 27.8 Å². The summed E-state index contributed by atoms with van der Waals surface area (Å²) in [7, 11) is 1.30. The SMILES string of the molecule is CCOc1ccc([C@@H]2C(C(=O)OC)=CN=c3s/c(=C\c4ccc(OCc5ccc6c(c5)OCO6)c(Br)c4)c(=O)n32)cc1OCC. The number of carbonyl (C=O) groups excluding carboxylic acids is 1. The topological polar surface area (TPSA) is 107 Å². The molecule has 0 radical (unpaired) electrons. The largest absolute Gasteiger partial charge is 0.490 e. The Morgan fingerprint density at radius 1 is 1.00 bits per heavy atom. The first-order valence-corrected chi connectivity index (χ1v) is 15.8. The number of thiazole rings is 1. The first-order valence-electron chi connectivity index (χ1n) is 14.2. The molecule has 12 heteroatoms. The van der Waals surface area contributed by atoms with Gasteiger partial charge in [-0.05, 0) is 88.9 Å². The number of esters is 1. The maximum Gasteiger partial charge on any atom is 0.337 e. The van der Waals surface area contributed by atoms with Crippen LogP contribution in [0.25, 0.3) is 6.08 Å². The van der Waals surface area contributed by atoms with Gasteiger partial charge in [0.1, 0.15) is 12.4 Å². The summed E-state index contributed by atoms with van der Waals surface area (Å²) < 4.78 is 36.2. The molecule has 0 saturated carbocycles. The molecule has 2 aliphatic heterocycles. The minimum absolute atomic E-state index is 0.216. The van der Waals surface area contributed by atoms with Gasteiger partial charge in [-0.1, -0.05) is 29.5 Å². The van der Waals surface area contributed by atoms with E-state index in [4.69, 9.17) is 28.4 Å². The molecule has 0 unspecified atom stereocenters. The summed E-state index contributed by atoms with van der Waals surface area (Å²) in [4.78, 5) is 31.7. The van der Waals surface area contributed by atoms with Crippen LogP contribution in [0.4, 0.5) is 0 Å². The lowest BCUT2D eigenvalue weighted by Crippen LogP contribution is -2.39. The van der Waals surface area contributed by atoms with E-state index in [1.54, 1.807) is 18.2 Å². The maximum absolute atomic E-state index is 13.9. The summed E-state index contributed by atoms with van der Waals surface area (Å²) in [6, 6.07) is 15.9. The van der Waals surface area contributed by atoms with Crippen LogP contribution in [0.1, 0.15) is 36.6 Å². The Morgan fingerprint density at radius 3 is 2.56 bits per heavy atom. The number of ether oxygens (including phenoxy) is 6. The lowest BCUT2D eigenvalue weighted by atomic mass is 9.97. The fourth-order valence-corrected chi connectivity index (χ4v) is 6.53. The fraction of sp³-hybridized carbons (Fsp3) is 0.242. The summed E-state index contributed by atoms with van der Waals surface area (Å²) in [5.41, 5.74) is 2.33. The summed E-state index contributed by atoms with van der Waals surface area (Å²) in [6.07, 6.45) is 3.25. The molecule has 6 rings (SSSR count). The van der Waals surface area contributed by atoms with Crippen molar-refractivity contribution in [1.82, 2.24) is 4.57 Å². The van der Waals surface area contributed by atoms with E-state index in [9.17, 15) is 9.59 Å². The van der Waals surface area contributed by atoms with Crippen LogP contribution in [0.5, 0.6) is 28.7 Å². The van der Waals surface area contributed by atoms with Gasteiger partial charge in [0.25, 0.3) is 5.56 Å². The summed E-state index contributed by atoms with van der Waals surface area (Å²) in [5, 5.41) is 0. The minimum atomic E-state index is -0.774. The van der Waals surface area contributed by atoms with Crippen molar-refractivity contribution in [2.75, 3.05) is 27.1 Å². The number of fused-ring (bicyclic) bond motifs is 2. The number of methoxy groups -OCH3 is 1. The Labute approximate surface area is 270 Å². The quantitative estimate of drug-likeness (QED) is 0.217. The predicted molar refractivity (Wildman–Crippen MR) is 171 cm³/mol. The predicted octanol–water partition coefficient (Wildman–Crippen LogP) is 4.89. The van der Waals surface area contributed by atoms with E-state index in [0.717, 1.165) is 21.3 Å². The number of hydrogen-bond donors (Lipinski definition) is 0. The normalized spacial score (nSPS) is 15.2. The van der Waals surface area contributed by atoms with E-state index in [1.165, 1.54) is 29.2 Å². The molecule has 0 fully saturated rings. The third kappa shape index (κ3) is 6.20. The zero-order valence-electron chi connectivity index (χ0n) is 24.7. The van der Waals surface area contributed by atoms with E-state index in [2.05, 4.69) is 20.9 Å². The smallest absolute Gasteiger partial charge is 0.337 e. The second-order valence-corrected chi connectivity index (χ2v) is 11.8. The fourth-order valence-electron chi connectivity index (χ4n) is 5.05. The Balaban J connectivity index is 1.32. The van der Waals surface area contributed by atoms with Crippen molar-refractivity contribution in [1.29, 1.82) is 0 Å². The van der Waals surface area contributed by atoms with E-state index in [-0.39, 0.29) is 17.9 Å². The first-order chi connectivity index (χ1) is 21.9. The molecule has 2 aliphatic rings. The van der Waals surface area contributed by atoms with Gasteiger partial charge in [0.05, 0.1) is 40.9 Å². The Kier molecular flexibility index (Phi) is 8.95. The van der Waals surface area contributed by atoms with Gasteiger partial charge in [-0.25, -0.2) is 9.79 Å². The van der Waals surface area contributed by atoms with E-state index >= 15 is 0 Å². The number of hydrogen-bond acceptors (Lipinski definition) is 10. The van der Waals surface area contributed by atoms with Crippen molar-refractivity contribution in [2.45, 2.75) is 26.5 Å². The number of carbonyl (C=O) groups is 1. The van der Waals surface area contributed by atoms with Crippen LogP contribution in [0, 0.1) is 0 Å². The van der Waals surface area contributed by atoms with E-state index < -0.39 is 12.0 Å². The standard InChI is InChI=1S/C33H29BrN2O8S/c1-4-40-25-11-8-21(15-28(25)41-5-2)30-22(32(38)39-3)16-35-33-36(30)31(37)29(45-33)14-19-6-9-24(23(34)12-19)42-17-20-7-10-26-27(13-20)44-18-43-26/h6-16,30H,4-5,17-18H2,1-3H3/b29-14-/t30-/m1/s1. The molecule has 1 atom stereocenters. The van der Waals surface area contributed by atoms with Crippen LogP contribution in [0.15, 0.2) is 80.6 Å². The summed E-state index contributed by atoms with van der Waals surface area (Å²) in [6.45, 7) is 5.21. The van der Waals surface area contributed by atoms with Crippen molar-refractivity contribution >= 4 is 39.3 Å². The molecule has 45 heavy (non-hydrogen) atoms. The number of rotatable bonds is 10. The second-order valence-electron chi connectivity index (χ2n) is 9.91. The van der Waals surface area contributed by atoms with Crippen molar-refractivity contribution < 1.29 is 33.2 Å². The highest BCUT2D eigenvalue weighted by Gasteiger charge is 2.31. The van der Waals surface area contributed by atoms with Gasteiger partial charge < -0.3 is 28.4 Å². The highest BCUT2D eigenvalue weighted by atomic mass is 79.9. The van der Waals surface area contributed by atoms with Crippen LogP contribution in [-0.2, 0) is 16.1 Å². The third-order valence-electron chi connectivity index (χ3n) is 7.09. The molecule has 3 heterocycles. The molecule has 0 bridgehead atoms. The molecule has 3 aromatic carbocycles. The number of halogens is 1. The highest BCUT2D eigenvalue weighted by Crippen LogP contribution is 2.36. The molecule has 0 N–H and O–H groups in total. The molecule has 10 nitrogen and oxygen atoms in total. The van der Waals surface area contributed by atoms with Gasteiger partial charge in [-0.3, -0.25) is 9.36 Å². The zero-order chi connectivity index (χ0) is 31.5. The second kappa shape index (κ2) is 13.2. The molecule has 232 valence electrons. The van der Waals surface area contributed by atoms with Crippen LogP contribution in [0.2, 0.25) is 0 Å². The molecule has 0 spiro atoms. The Morgan fingerprint density at radius 2 is 1.78 bits per heavy atom. The lowest BCUT2D eigenvalue weighted by molar-refractivity contribution is -0.136. The molecule has 1 aromatic heterocycles. The molecule has 0 amide bonds. The zero-order valence-corrected chi connectivity index (χ0v) is 27.1. The molecular formula is C33H29BrN2O8S. The van der Waals surface area contributed by atoms with Gasteiger partial charge >= 0.3 is 5.97 Å². The highest BCUT2D eigenvalue weighted by molar-refractivity contribution is 9.10. The van der Waals surface area contributed by atoms with Crippen LogP contribution < -0.4 is 38.6 Å². The van der Waals surface area contributed by atoms with E-state index in [1.807, 2.05) is 56.3 Å². The lowest BCUT2D eigenvalue weighted by Gasteiger charge is -2.23. The average molecular weight is 694 g/mol. The molecule has 4 aromatic rings. The average Bonchev–Trinajstić information content (AvgIpc) is 3.64. The summed E-state index contributed by atoms with van der Waals surface area (Å²) in [5.74, 6) is 2.58. The Hall–Kier alpha value is -4.55.